The molecule has 35 heavy (non-hydrogen) atoms. The molecule has 2 fully saturated rings. The normalized spacial score (nSPS) is 22.1. The molecule has 0 atom stereocenters. The zero-order chi connectivity index (χ0) is 24.8. The van der Waals surface area contributed by atoms with Gasteiger partial charge in [0.25, 0.3) is 0 Å². The van der Waals surface area contributed by atoms with Crippen molar-refractivity contribution in [3.05, 3.63) is 35.0 Å². The van der Waals surface area contributed by atoms with Crippen molar-refractivity contribution in [1.29, 1.82) is 0 Å². The van der Waals surface area contributed by atoms with Gasteiger partial charge in [0.1, 0.15) is 5.52 Å². The van der Waals surface area contributed by atoms with Crippen LogP contribution in [0, 0.1) is 5.92 Å². The SMILES string of the molecule is CC1(Nc2ncc3nc(Nc4cc(Cl)cc(C(F)(F)F)c4)n(C4CCC(CN)CC4)c3n2)CCC1. The van der Waals surface area contributed by atoms with Crippen LogP contribution in [0.1, 0.15) is 63.5 Å². The first kappa shape index (κ1) is 24.1. The largest absolute Gasteiger partial charge is 0.416 e. The summed E-state index contributed by atoms with van der Waals surface area (Å²) in [6, 6.07) is 3.50. The van der Waals surface area contributed by atoms with Gasteiger partial charge in [-0.05, 0) is 82.5 Å². The number of halogens is 4. The standard InChI is InChI=1S/C24H29ClF3N7/c1-23(7-2-8-23)34-21-30-13-19-20(33-21)35(18-5-3-14(12-29)4-6-18)22(32-19)31-17-10-15(24(26,27)28)9-16(25)11-17/h9-11,13-14,18H,2-8,12,29H2,1H3,(H,31,32)(H,30,33,34). The van der Waals surface area contributed by atoms with Gasteiger partial charge in [-0.3, -0.25) is 4.57 Å². The second kappa shape index (κ2) is 9.13. The Bertz CT molecular complexity index is 1210. The fourth-order valence-corrected chi connectivity index (χ4v) is 5.32. The number of nitrogens with one attached hydrogen (secondary N) is 2. The summed E-state index contributed by atoms with van der Waals surface area (Å²) in [5, 5.41) is 6.52. The summed E-state index contributed by atoms with van der Waals surface area (Å²) < 4.78 is 42.1. The second-order valence-corrected chi connectivity index (χ2v) is 10.4. The highest BCUT2D eigenvalue weighted by atomic mass is 35.5. The summed E-state index contributed by atoms with van der Waals surface area (Å²) in [7, 11) is 0. The lowest BCUT2D eigenvalue weighted by molar-refractivity contribution is -0.137. The van der Waals surface area contributed by atoms with E-state index in [-0.39, 0.29) is 22.3 Å². The average molecular weight is 508 g/mol. The number of nitrogens with zero attached hydrogens (tertiary/aromatic N) is 4. The molecule has 11 heteroatoms. The molecule has 3 aromatic rings. The highest BCUT2D eigenvalue weighted by Gasteiger charge is 2.33. The van der Waals surface area contributed by atoms with E-state index in [1.54, 1.807) is 6.20 Å². The van der Waals surface area contributed by atoms with Crippen molar-refractivity contribution >= 4 is 40.3 Å². The molecule has 2 aliphatic rings. The van der Waals surface area contributed by atoms with Crippen molar-refractivity contribution < 1.29 is 13.2 Å². The molecule has 0 radical (unpaired) electrons. The third-order valence-electron chi connectivity index (χ3n) is 7.30. The zero-order valence-corrected chi connectivity index (χ0v) is 20.3. The number of alkyl halides is 3. The van der Waals surface area contributed by atoms with Crippen molar-refractivity contribution in [3.63, 3.8) is 0 Å². The lowest BCUT2D eigenvalue weighted by Crippen LogP contribution is -2.42. The molecule has 5 rings (SSSR count). The summed E-state index contributed by atoms with van der Waals surface area (Å²) >= 11 is 6.01. The Balaban J connectivity index is 1.54. The van der Waals surface area contributed by atoms with E-state index in [0.29, 0.717) is 35.5 Å². The molecule has 4 N–H and O–H groups in total. The maximum absolute atomic E-state index is 13.4. The zero-order valence-electron chi connectivity index (χ0n) is 19.5. The van der Waals surface area contributed by atoms with Crippen LogP contribution in [0.4, 0.5) is 30.8 Å². The van der Waals surface area contributed by atoms with Gasteiger partial charge in [-0.2, -0.15) is 18.2 Å². The van der Waals surface area contributed by atoms with Crippen molar-refractivity contribution in [3.8, 4) is 0 Å². The molecule has 0 unspecified atom stereocenters. The Labute approximate surface area is 206 Å². The van der Waals surface area contributed by atoms with Gasteiger partial charge in [-0.1, -0.05) is 11.6 Å². The smallest absolute Gasteiger partial charge is 0.349 e. The number of imidazole rings is 1. The Morgan fingerprint density at radius 2 is 1.89 bits per heavy atom. The van der Waals surface area contributed by atoms with Crippen LogP contribution in [0.5, 0.6) is 0 Å². The second-order valence-electron chi connectivity index (χ2n) is 10.0. The van der Waals surface area contributed by atoms with E-state index in [9.17, 15) is 13.2 Å². The lowest BCUT2D eigenvalue weighted by atomic mass is 9.79. The number of hydrogen-bond acceptors (Lipinski definition) is 6. The van der Waals surface area contributed by atoms with Crippen LogP contribution in [0.15, 0.2) is 24.4 Å². The molecule has 0 saturated heterocycles. The van der Waals surface area contributed by atoms with Crippen LogP contribution in [-0.4, -0.2) is 31.6 Å². The van der Waals surface area contributed by atoms with Crippen LogP contribution < -0.4 is 16.4 Å². The maximum atomic E-state index is 13.4. The Morgan fingerprint density at radius 1 is 1.14 bits per heavy atom. The molecule has 0 spiro atoms. The topological polar surface area (TPSA) is 93.7 Å². The summed E-state index contributed by atoms with van der Waals surface area (Å²) in [6.45, 7) is 2.81. The molecule has 2 heterocycles. The third-order valence-corrected chi connectivity index (χ3v) is 7.52. The number of hydrogen-bond donors (Lipinski definition) is 3. The molecular weight excluding hydrogens is 479 g/mol. The molecule has 2 saturated carbocycles. The van der Waals surface area contributed by atoms with Gasteiger partial charge < -0.3 is 16.4 Å². The number of fused-ring (bicyclic) bond motifs is 1. The predicted octanol–water partition coefficient (Wildman–Crippen LogP) is 6.29. The summed E-state index contributed by atoms with van der Waals surface area (Å²) in [6.07, 6.45) is 4.16. The van der Waals surface area contributed by atoms with Crippen molar-refractivity contribution in [2.45, 2.75) is 69.6 Å². The van der Waals surface area contributed by atoms with Crippen molar-refractivity contribution in [2.75, 3.05) is 17.2 Å². The van der Waals surface area contributed by atoms with Crippen LogP contribution >= 0.6 is 11.6 Å². The molecule has 0 amide bonds. The number of nitrogens with two attached hydrogens (primary N) is 1. The van der Waals surface area contributed by atoms with E-state index in [1.165, 1.54) is 12.5 Å². The first-order chi connectivity index (χ1) is 16.6. The van der Waals surface area contributed by atoms with E-state index < -0.39 is 11.7 Å². The highest BCUT2D eigenvalue weighted by molar-refractivity contribution is 6.31. The minimum absolute atomic E-state index is 0.00606. The van der Waals surface area contributed by atoms with E-state index in [2.05, 4.69) is 27.5 Å². The van der Waals surface area contributed by atoms with Gasteiger partial charge in [0.2, 0.25) is 11.9 Å². The summed E-state index contributed by atoms with van der Waals surface area (Å²) in [4.78, 5) is 13.9. The Morgan fingerprint density at radius 3 is 2.51 bits per heavy atom. The fraction of sp³-hybridized carbons (Fsp3) is 0.542. The molecular formula is C24H29ClF3N7. The van der Waals surface area contributed by atoms with Gasteiger partial charge in [0, 0.05) is 22.3 Å². The van der Waals surface area contributed by atoms with E-state index in [0.717, 1.165) is 50.7 Å². The average Bonchev–Trinajstić information content (AvgIpc) is 3.14. The molecule has 0 aliphatic heterocycles. The monoisotopic (exact) mass is 507 g/mol. The fourth-order valence-electron chi connectivity index (χ4n) is 5.08. The molecule has 2 aromatic heterocycles. The number of anilines is 3. The first-order valence-corrected chi connectivity index (χ1v) is 12.4. The van der Waals surface area contributed by atoms with Gasteiger partial charge in [-0.15, -0.1) is 0 Å². The lowest BCUT2D eigenvalue weighted by Gasteiger charge is -2.39. The molecule has 0 bridgehead atoms. The maximum Gasteiger partial charge on any atom is 0.416 e. The van der Waals surface area contributed by atoms with Gasteiger partial charge >= 0.3 is 6.18 Å². The molecule has 188 valence electrons. The minimum atomic E-state index is -4.51. The summed E-state index contributed by atoms with van der Waals surface area (Å²) in [5.74, 6) is 1.43. The number of rotatable bonds is 6. The quantitative estimate of drug-likeness (QED) is 0.363. The number of aromatic nitrogens is 4. The summed E-state index contributed by atoms with van der Waals surface area (Å²) in [5.41, 5.74) is 6.49. The first-order valence-electron chi connectivity index (χ1n) is 12.0. The van der Waals surface area contributed by atoms with Crippen molar-refractivity contribution in [2.24, 2.45) is 11.7 Å². The van der Waals surface area contributed by atoms with Gasteiger partial charge in [0.05, 0.1) is 11.8 Å². The number of benzene rings is 1. The van der Waals surface area contributed by atoms with E-state index in [1.807, 2.05) is 4.57 Å². The van der Waals surface area contributed by atoms with E-state index >= 15 is 0 Å². The predicted molar refractivity (Wildman–Crippen MR) is 131 cm³/mol. The van der Waals surface area contributed by atoms with Crippen molar-refractivity contribution in [1.82, 2.24) is 19.5 Å². The molecule has 2 aliphatic carbocycles. The van der Waals surface area contributed by atoms with E-state index in [4.69, 9.17) is 22.3 Å². The van der Waals surface area contributed by atoms with Crippen LogP contribution in [0.25, 0.3) is 11.2 Å². The van der Waals surface area contributed by atoms with Gasteiger partial charge in [-0.25, -0.2) is 9.97 Å². The van der Waals surface area contributed by atoms with Gasteiger partial charge in [0.15, 0.2) is 5.65 Å². The van der Waals surface area contributed by atoms with Crippen LogP contribution in [0.2, 0.25) is 5.02 Å². The molecule has 7 nitrogen and oxygen atoms in total. The third kappa shape index (κ3) is 5.04. The minimum Gasteiger partial charge on any atom is -0.349 e. The van der Waals surface area contributed by atoms with Crippen LogP contribution in [-0.2, 0) is 6.18 Å². The highest BCUT2D eigenvalue weighted by Crippen LogP contribution is 2.39. The Hall–Kier alpha value is -2.59. The molecule has 1 aromatic carbocycles. The van der Waals surface area contributed by atoms with Crippen LogP contribution in [0.3, 0.4) is 0 Å². The Kier molecular flexibility index (Phi) is 6.29.